The summed E-state index contributed by atoms with van der Waals surface area (Å²) in [5, 5.41) is 17.1. The predicted molar refractivity (Wildman–Crippen MR) is 158 cm³/mol. The quantitative estimate of drug-likeness (QED) is 0.162. The van der Waals surface area contributed by atoms with E-state index >= 15 is 0 Å². The molecule has 1 amide bonds. The van der Waals surface area contributed by atoms with Gasteiger partial charge >= 0.3 is 0 Å². The van der Waals surface area contributed by atoms with E-state index in [0.29, 0.717) is 49.5 Å². The highest BCUT2D eigenvalue weighted by Gasteiger charge is 2.23. The zero-order valence-electron chi connectivity index (χ0n) is 22.2. The number of thiocarbonyl (C=S) groups is 1. The number of hydrogen-bond acceptors (Lipinski definition) is 8. The fraction of sp³-hybridized carbons (Fsp3) is 0.276. The van der Waals surface area contributed by atoms with Gasteiger partial charge in [0.15, 0.2) is 10.7 Å². The molecule has 3 aromatic carbocycles. The van der Waals surface area contributed by atoms with Crippen molar-refractivity contribution in [2.24, 2.45) is 0 Å². The Labute approximate surface area is 236 Å². The number of amides is 1. The number of benzene rings is 3. The van der Waals surface area contributed by atoms with Crippen LogP contribution >= 0.6 is 12.2 Å². The first-order valence-corrected chi connectivity index (χ1v) is 13.5. The summed E-state index contributed by atoms with van der Waals surface area (Å²) >= 11 is 5.37. The summed E-state index contributed by atoms with van der Waals surface area (Å²) in [6, 6.07) is 17.7. The molecule has 4 aromatic rings. The predicted octanol–water partition coefficient (Wildman–Crippen LogP) is 5.88. The van der Waals surface area contributed by atoms with Gasteiger partial charge in [-0.1, -0.05) is 19.9 Å². The Hall–Kier alpha value is -4.35. The third-order valence-electron chi connectivity index (χ3n) is 7.00. The van der Waals surface area contributed by atoms with Gasteiger partial charge < -0.3 is 19.4 Å². The number of morpholine rings is 1. The van der Waals surface area contributed by atoms with Gasteiger partial charge in [-0.15, -0.1) is 0 Å². The number of nitrogens with one attached hydrogen (secondary N) is 2. The lowest BCUT2D eigenvalue weighted by Crippen LogP contribution is -2.39. The molecule has 0 radical (unpaired) electrons. The first-order chi connectivity index (χ1) is 19.3. The minimum Gasteiger partial charge on any atom is -0.436 e. The summed E-state index contributed by atoms with van der Waals surface area (Å²) in [5.74, 6) is 0.421. The lowest BCUT2D eigenvalue weighted by atomic mass is 9.98. The standard InChI is InChI=1S/C29H29N5O5S/c1-3-18(2)20-6-11-26-24(16-20)31-28(39-26)19-4-7-21(8-5-19)30-29(40)32-27(35)23-17-22(34(36)37)9-10-25(23)33-12-14-38-15-13-33/h4-11,16-18H,3,12-15H2,1-2H3,(H2,30,32,35,40)/t18-/m1/s1. The number of oxazole rings is 1. The SMILES string of the molecule is CC[C@@H](C)c1ccc2oc(-c3ccc(NC(=S)NC(=O)c4cc([N+](=O)[O-])ccc4N4CCOCC4)cc3)nc2c1. The normalized spacial score (nSPS) is 14.1. The van der Waals surface area contributed by atoms with Crippen molar-refractivity contribution in [1.82, 2.24) is 10.3 Å². The number of fused-ring (bicyclic) bond motifs is 1. The van der Waals surface area contributed by atoms with E-state index in [1.54, 1.807) is 18.2 Å². The van der Waals surface area contributed by atoms with Gasteiger partial charge in [0.05, 0.1) is 29.4 Å². The molecule has 206 valence electrons. The molecule has 0 saturated carbocycles. The molecule has 2 N–H and O–H groups in total. The molecule has 0 unspecified atom stereocenters. The molecule has 0 spiro atoms. The minimum atomic E-state index is -0.539. The number of rotatable bonds is 7. The van der Waals surface area contributed by atoms with Crippen molar-refractivity contribution in [2.45, 2.75) is 26.2 Å². The molecular weight excluding hydrogens is 530 g/mol. The second-order valence-electron chi connectivity index (χ2n) is 9.60. The third kappa shape index (κ3) is 5.95. The first-order valence-electron chi connectivity index (χ1n) is 13.1. The summed E-state index contributed by atoms with van der Waals surface area (Å²) in [4.78, 5) is 30.6. The highest BCUT2D eigenvalue weighted by molar-refractivity contribution is 7.80. The van der Waals surface area contributed by atoms with E-state index in [0.717, 1.165) is 23.1 Å². The Bertz CT molecular complexity index is 1560. The number of carbonyl (C=O) groups excluding carboxylic acids is 1. The van der Waals surface area contributed by atoms with Crippen LogP contribution in [-0.2, 0) is 4.74 Å². The molecule has 1 saturated heterocycles. The van der Waals surface area contributed by atoms with E-state index in [-0.39, 0.29) is 16.4 Å². The molecule has 1 aliphatic heterocycles. The van der Waals surface area contributed by atoms with E-state index in [1.165, 1.54) is 17.7 Å². The van der Waals surface area contributed by atoms with Crippen molar-refractivity contribution in [3.05, 3.63) is 81.9 Å². The van der Waals surface area contributed by atoms with Gasteiger partial charge in [-0.2, -0.15) is 0 Å². The summed E-state index contributed by atoms with van der Waals surface area (Å²) in [6.45, 7) is 6.52. The Morgan fingerprint density at radius 3 is 2.58 bits per heavy atom. The highest BCUT2D eigenvalue weighted by Crippen LogP contribution is 2.29. The zero-order chi connectivity index (χ0) is 28.2. The number of nitro benzene ring substituents is 1. The molecule has 10 nitrogen and oxygen atoms in total. The molecule has 1 aromatic heterocycles. The number of nitrogens with zero attached hydrogens (tertiary/aromatic N) is 3. The highest BCUT2D eigenvalue weighted by atomic mass is 32.1. The molecule has 11 heteroatoms. The van der Waals surface area contributed by atoms with Crippen LogP contribution in [0.2, 0.25) is 0 Å². The topological polar surface area (TPSA) is 123 Å². The van der Waals surface area contributed by atoms with Gasteiger partial charge in [0.25, 0.3) is 11.6 Å². The summed E-state index contributed by atoms with van der Waals surface area (Å²) in [5.41, 5.74) is 4.81. The van der Waals surface area contributed by atoms with Crippen LogP contribution in [0.15, 0.2) is 65.1 Å². The van der Waals surface area contributed by atoms with Gasteiger partial charge in [0.1, 0.15) is 5.52 Å². The summed E-state index contributed by atoms with van der Waals surface area (Å²) in [7, 11) is 0. The number of anilines is 2. The maximum absolute atomic E-state index is 13.2. The minimum absolute atomic E-state index is 0.0663. The third-order valence-corrected chi connectivity index (χ3v) is 7.20. The lowest BCUT2D eigenvalue weighted by molar-refractivity contribution is -0.384. The van der Waals surface area contributed by atoms with E-state index in [9.17, 15) is 14.9 Å². The monoisotopic (exact) mass is 559 g/mol. The number of hydrogen-bond donors (Lipinski definition) is 2. The van der Waals surface area contributed by atoms with Crippen molar-refractivity contribution in [2.75, 3.05) is 36.5 Å². The van der Waals surface area contributed by atoms with Crippen molar-refractivity contribution in [1.29, 1.82) is 0 Å². The van der Waals surface area contributed by atoms with Crippen LogP contribution < -0.4 is 15.5 Å². The molecule has 0 bridgehead atoms. The number of aromatic nitrogens is 1. The summed E-state index contributed by atoms with van der Waals surface area (Å²) < 4.78 is 11.4. The molecule has 1 atom stereocenters. The van der Waals surface area contributed by atoms with Gasteiger partial charge in [-0.25, -0.2) is 4.98 Å². The molecular formula is C29H29N5O5S. The van der Waals surface area contributed by atoms with E-state index < -0.39 is 10.8 Å². The van der Waals surface area contributed by atoms with Crippen LogP contribution in [0.5, 0.6) is 0 Å². The van der Waals surface area contributed by atoms with Crippen LogP contribution in [-0.4, -0.2) is 47.2 Å². The molecule has 40 heavy (non-hydrogen) atoms. The first kappa shape index (κ1) is 27.2. The average Bonchev–Trinajstić information content (AvgIpc) is 3.40. The fourth-order valence-corrected chi connectivity index (χ4v) is 4.75. The van der Waals surface area contributed by atoms with E-state index in [1.807, 2.05) is 23.1 Å². The second kappa shape index (κ2) is 11.8. The van der Waals surface area contributed by atoms with Gasteiger partial charge in [-0.3, -0.25) is 20.2 Å². The molecule has 5 rings (SSSR count). The van der Waals surface area contributed by atoms with Crippen LogP contribution in [0.25, 0.3) is 22.6 Å². The second-order valence-corrected chi connectivity index (χ2v) is 10.0. The zero-order valence-corrected chi connectivity index (χ0v) is 23.0. The number of ether oxygens (including phenoxy) is 1. The van der Waals surface area contributed by atoms with Crippen molar-refractivity contribution in [3.8, 4) is 11.5 Å². The van der Waals surface area contributed by atoms with E-state index in [4.69, 9.17) is 21.4 Å². The smallest absolute Gasteiger partial charge is 0.270 e. The Morgan fingerprint density at radius 2 is 1.88 bits per heavy atom. The van der Waals surface area contributed by atoms with Crippen molar-refractivity contribution < 1.29 is 18.9 Å². The molecule has 1 aliphatic rings. The number of non-ortho nitro benzene ring substituents is 1. The molecule has 2 heterocycles. The Morgan fingerprint density at radius 1 is 1.12 bits per heavy atom. The van der Waals surface area contributed by atoms with Crippen LogP contribution in [0.1, 0.15) is 42.1 Å². The van der Waals surface area contributed by atoms with E-state index in [2.05, 4.69) is 41.6 Å². The maximum atomic E-state index is 13.2. The van der Waals surface area contributed by atoms with Gasteiger partial charge in [0, 0.05) is 36.5 Å². The van der Waals surface area contributed by atoms with Gasteiger partial charge in [0.2, 0.25) is 5.89 Å². The lowest BCUT2D eigenvalue weighted by Gasteiger charge is -2.30. The maximum Gasteiger partial charge on any atom is 0.270 e. The van der Waals surface area contributed by atoms with Crippen LogP contribution in [0, 0.1) is 10.1 Å². The fourth-order valence-electron chi connectivity index (χ4n) is 4.54. The molecule has 1 fully saturated rings. The average molecular weight is 560 g/mol. The Balaban J connectivity index is 1.28. The van der Waals surface area contributed by atoms with Crippen LogP contribution in [0.3, 0.4) is 0 Å². The van der Waals surface area contributed by atoms with Crippen molar-refractivity contribution >= 4 is 51.4 Å². The summed E-state index contributed by atoms with van der Waals surface area (Å²) in [6.07, 6.45) is 1.05. The number of nitro groups is 1. The van der Waals surface area contributed by atoms with Gasteiger partial charge in [-0.05, 0) is 72.6 Å². The van der Waals surface area contributed by atoms with Crippen LogP contribution in [0.4, 0.5) is 17.1 Å². The number of carbonyl (C=O) groups is 1. The Kier molecular flexibility index (Phi) is 8.04. The molecule has 0 aliphatic carbocycles. The largest absolute Gasteiger partial charge is 0.436 e. The van der Waals surface area contributed by atoms with Crippen molar-refractivity contribution in [3.63, 3.8) is 0 Å².